The van der Waals surface area contributed by atoms with E-state index in [9.17, 15) is 4.79 Å². The lowest BCUT2D eigenvalue weighted by molar-refractivity contribution is -0.125. The zero-order valence-electron chi connectivity index (χ0n) is 19.7. The summed E-state index contributed by atoms with van der Waals surface area (Å²) >= 11 is 0. The SMILES string of the molecule is CC(C)c1ccc(CNC(=O)[C@H]2CCCN(c3ncnc4nn(-c5ccccc5)cc34)C2)cc1. The van der Waals surface area contributed by atoms with E-state index >= 15 is 0 Å². The number of nitrogens with zero attached hydrogens (tertiary/aromatic N) is 5. The minimum atomic E-state index is -0.0714. The van der Waals surface area contributed by atoms with Gasteiger partial charge in [0.05, 0.1) is 17.0 Å². The van der Waals surface area contributed by atoms with Crippen molar-refractivity contribution >= 4 is 22.8 Å². The maximum absolute atomic E-state index is 13.0. The topological polar surface area (TPSA) is 75.9 Å². The van der Waals surface area contributed by atoms with E-state index in [0.29, 0.717) is 24.7 Å². The Hall–Kier alpha value is -3.74. The van der Waals surface area contributed by atoms with Crippen molar-refractivity contribution in [1.29, 1.82) is 0 Å². The van der Waals surface area contributed by atoms with Crippen LogP contribution >= 0.6 is 0 Å². The van der Waals surface area contributed by atoms with Crippen molar-refractivity contribution < 1.29 is 4.79 Å². The van der Waals surface area contributed by atoms with E-state index < -0.39 is 0 Å². The molecule has 4 aromatic rings. The van der Waals surface area contributed by atoms with Crippen LogP contribution in [-0.2, 0) is 11.3 Å². The summed E-state index contributed by atoms with van der Waals surface area (Å²) in [7, 11) is 0. The van der Waals surface area contributed by atoms with Crippen molar-refractivity contribution in [3.05, 3.63) is 78.2 Å². The fourth-order valence-electron chi connectivity index (χ4n) is 4.53. The summed E-state index contributed by atoms with van der Waals surface area (Å²) in [6, 6.07) is 18.5. The molecule has 174 valence electrons. The molecule has 2 aromatic carbocycles. The van der Waals surface area contributed by atoms with Crippen LogP contribution in [0.1, 0.15) is 43.7 Å². The Kier molecular flexibility index (Phi) is 6.25. The van der Waals surface area contributed by atoms with Crippen molar-refractivity contribution in [2.45, 2.75) is 39.2 Å². The summed E-state index contributed by atoms with van der Waals surface area (Å²) in [5, 5.41) is 8.67. The third kappa shape index (κ3) is 4.64. The fraction of sp³-hybridized carbons (Fsp3) is 0.333. The van der Waals surface area contributed by atoms with Gasteiger partial charge < -0.3 is 10.2 Å². The number of hydrogen-bond acceptors (Lipinski definition) is 5. The van der Waals surface area contributed by atoms with Gasteiger partial charge in [-0.3, -0.25) is 4.79 Å². The number of carbonyl (C=O) groups excluding carboxylic acids is 1. The first-order valence-electron chi connectivity index (χ1n) is 12.0. The van der Waals surface area contributed by atoms with E-state index in [0.717, 1.165) is 41.8 Å². The second-order valence-electron chi connectivity index (χ2n) is 9.24. The van der Waals surface area contributed by atoms with Gasteiger partial charge in [0.1, 0.15) is 12.1 Å². The lowest BCUT2D eigenvalue weighted by atomic mass is 9.96. The lowest BCUT2D eigenvalue weighted by Crippen LogP contribution is -2.43. The largest absolute Gasteiger partial charge is 0.355 e. The summed E-state index contributed by atoms with van der Waals surface area (Å²) in [5.74, 6) is 1.37. The molecular weight excluding hydrogens is 424 g/mol. The maximum Gasteiger partial charge on any atom is 0.225 e. The number of fused-ring (bicyclic) bond motifs is 1. The third-order valence-electron chi connectivity index (χ3n) is 6.52. The van der Waals surface area contributed by atoms with Crippen LogP contribution in [-0.4, -0.2) is 38.7 Å². The second kappa shape index (κ2) is 9.63. The Balaban J connectivity index is 1.28. The highest BCUT2D eigenvalue weighted by atomic mass is 16.1. The predicted octanol–water partition coefficient (Wildman–Crippen LogP) is 4.47. The van der Waals surface area contributed by atoms with Crippen LogP contribution in [0.15, 0.2) is 67.1 Å². The zero-order valence-corrected chi connectivity index (χ0v) is 19.7. The highest BCUT2D eigenvalue weighted by Crippen LogP contribution is 2.28. The summed E-state index contributed by atoms with van der Waals surface area (Å²) in [6.45, 7) is 6.42. The molecule has 1 N–H and O–H groups in total. The molecule has 1 fully saturated rings. The summed E-state index contributed by atoms with van der Waals surface area (Å²) in [5.41, 5.74) is 4.06. The smallest absolute Gasteiger partial charge is 0.225 e. The van der Waals surface area contributed by atoms with Gasteiger partial charge in [-0.25, -0.2) is 14.6 Å². The molecule has 1 amide bonds. The van der Waals surface area contributed by atoms with Crippen molar-refractivity contribution in [3.8, 4) is 5.69 Å². The van der Waals surface area contributed by atoms with E-state index in [1.165, 1.54) is 5.56 Å². The van der Waals surface area contributed by atoms with Crippen LogP contribution in [0.25, 0.3) is 16.7 Å². The molecule has 1 atom stereocenters. The van der Waals surface area contributed by atoms with Crippen LogP contribution in [0.2, 0.25) is 0 Å². The second-order valence-corrected chi connectivity index (χ2v) is 9.24. The van der Waals surface area contributed by atoms with E-state index in [4.69, 9.17) is 0 Å². The van der Waals surface area contributed by atoms with Crippen molar-refractivity contribution in [2.75, 3.05) is 18.0 Å². The van der Waals surface area contributed by atoms with E-state index in [2.05, 4.69) is 63.4 Å². The van der Waals surface area contributed by atoms with Crippen LogP contribution in [0.5, 0.6) is 0 Å². The number of benzene rings is 2. The van der Waals surface area contributed by atoms with Gasteiger partial charge in [0, 0.05) is 25.8 Å². The number of carbonyl (C=O) groups is 1. The van der Waals surface area contributed by atoms with E-state index in [1.54, 1.807) is 6.33 Å². The van der Waals surface area contributed by atoms with E-state index in [-0.39, 0.29) is 11.8 Å². The van der Waals surface area contributed by atoms with Crippen LogP contribution < -0.4 is 10.2 Å². The van der Waals surface area contributed by atoms with Crippen molar-refractivity contribution in [3.63, 3.8) is 0 Å². The fourth-order valence-corrected chi connectivity index (χ4v) is 4.53. The van der Waals surface area contributed by atoms with Gasteiger partial charge in [-0.2, -0.15) is 0 Å². The Morgan fingerprint density at radius 3 is 2.65 bits per heavy atom. The Morgan fingerprint density at radius 2 is 1.88 bits per heavy atom. The van der Waals surface area contributed by atoms with Gasteiger partial charge in [0.25, 0.3) is 0 Å². The third-order valence-corrected chi connectivity index (χ3v) is 6.52. The lowest BCUT2D eigenvalue weighted by Gasteiger charge is -2.33. The zero-order chi connectivity index (χ0) is 23.5. The number of para-hydroxylation sites is 1. The monoisotopic (exact) mass is 454 g/mol. The molecule has 0 aliphatic carbocycles. The van der Waals surface area contributed by atoms with Crippen LogP contribution in [0, 0.1) is 5.92 Å². The normalized spacial score (nSPS) is 16.2. The number of rotatable bonds is 6. The number of nitrogens with one attached hydrogen (secondary N) is 1. The van der Waals surface area contributed by atoms with Crippen molar-refractivity contribution in [1.82, 2.24) is 25.1 Å². The number of amides is 1. The molecule has 34 heavy (non-hydrogen) atoms. The molecule has 1 saturated heterocycles. The van der Waals surface area contributed by atoms with Gasteiger partial charge in [0.2, 0.25) is 5.91 Å². The predicted molar refractivity (Wildman–Crippen MR) is 134 cm³/mol. The molecule has 0 bridgehead atoms. The average molecular weight is 455 g/mol. The quantitative estimate of drug-likeness (QED) is 0.465. The molecule has 5 rings (SSSR count). The first-order chi connectivity index (χ1) is 16.6. The Labute approximate surface area is 199 Å². The maximum atomic E-state index is 13.0. The number of aromatic nitrogens is 4. The minimum absolute atomic E-state index is 0.0714. The molecule has 1 aliphatic rings. The molecule has 0 unspecified atom stereocenters. The molecule has 7 nitrogen and oxygen atoms in total. The highest BCUT2D eigenvalue weighted by molar-refractivity contribution is 5.87. The summed E-state index contributed by atoms with van der Waals surface area (Å²) < 4.78 is 1.83. The average Bonchev–Trinajstić information content (AvgIpc) is 3.33. The molecule has 0 spiro atoms. The number of anilines is 1. The summed E-state index contributed by atoms with van der Waals surface area (Å²) in [4.78, 5) is 24.1. The highest BCUT2D eigenvalue weighted by Gasteiger charge is 2.28. The van der Waals surface area contributed by atoms with Crippen LogP contribution in [0.3, 0.4) is 0 Å². The van der Waals surface area contributed by atoms with Crippen LogP contribution in [0.4, 0.5) is 5.82 Å². The molecule has 3 heterocycles. The standard InChI is InChI=1S/C27H30N6O/c1-19(2)21-12-10-20(11-13-21)15-28-27(34)22-7-6-14-32(16-22)26-24-17-33(23-8-4-3-5-9-23)31-25(24)29-18-30-26/h3-5,8-13,17-19,22H,6-7,14-16H2,1-2H3,(H,28,34)/t22-/m0/s1. The van der Waals surface area contributed by atoms with Gasteiger partial charge in [-0.1, -0.05) is 56.3 Å². The number of hydrogen-bond donors (Lipinski definition) is 1. The Bertz CT molecular complexity index is 1270. The molecule has 0 radical (unpaired) electrons. The molecule has 0 saturated carbocycles. The van der Waals surface area contributed by atoms with Gasteiger partial charge in [0.15, 0.2) is 5.65 Å². The molecule has 7 heteroatoms. The Morgan fingerprint density at radius 1 is 1.09 bits per heavy atom. The van der Waals surface area contributed by atoms with Crippen molar-refractivity contribution in [2.24, 2.45) is 5.92 Å². The van der Waals surface area contributed by atoms with Gasteiger partial charge >= 0.3 is 0 Å². The minimum Gasteiger partial charge on any atom is -0.355 e. The molecule has 2 aromatic heterocycles. The van der Waals surface area contributed by atoms with E-state index in [1.807, 2.05) is 41.2 Å². The molecule has 1 aliphatic heterocycles. The van der Waals surface area contributed by atoms with Gasteiger partial charge in [-0.15, -0.1) is 5.10 Å². The van der Waals surface area contributed by atoms with Gasteiger partial charge in [-0.05, 0) is 42.0 Å². The summed E-state index contributed by atoms with van der Waals surface area (Å²) in [6.07, 6.45) is 5.36. The number of piperidine rings is 1. The first kappa shape index (κ1) is 22.1. The molecular formula is C27H30N6O. The first-order valence-corrected chi connectivity index (χ1v) is 12.0.